The Balaban J connectivity index is 1.66. The molecule has 1 saturated carbocycles. The molecule has 2 aromatic heterocycles. The van der Waals surface area contributed by atoms with Gasteiger partial charge in [-0.05, 0) is 39.2 Å². The SMILES string of the molecule is CC#Cc1cncc(-n2cc([C@]3(C)CC4(CCCCC4)SC(N)=N3)cn2)c1. The van der Waals surface area contributed by atoms with E-state index in [2.05, 4.69) is 35.0 Å². The quantitative estimate of drug-likeness (QED) is 0.801. The number of nitrogens with two attached hydrogens (primary N) is 1. The summed E-state index contributed by atoms with van der Waals surface area (Å²) < 4.78 is 2.08. The highest BCUT2D eigenvalue weighted by atomic mass is 32.2. The number of hydrogen-bond acceptors (Lipinski definition) is 5. The van der Waals surface area contributed by atoms with E-state index in [1.165, 1.54) is 32.1 Å². The topological polar surface area (TPSA) is 69.1 Å². The van der Waals surface area contributed by atoms with E-state index in [1.54, 1.807) is 24.2 Å². The zero-order chi connectivity index (χ0) is 18.9. The van der Waals surface area contributed by atoms with E-state index >= 15 is 0 Å². The van der Waals surface area contributed by atoms with Gasteiger partial charge in [0.1, 0.15) is 0 Å². The summed E-state index contributed by atoms with van der Waals surface area (Å²) in [6.45, 7) is 4.01. The molecule has 2 N–H and O–H groups in total. The lowest BCUT2D eigenvalue weighted by molar-refractivity contribution is 0.303. The normalized spacial score (nSPS) is 24.1. The van der Waals surface area contributed by atoms with E-state index < -0.39 is 0 Å². The fourth-order valence-electron chi connectivity index (χ4n) is 4.34. The van der Waals surface area contributed by atoms with Crippen molar-refractivity contribution in [3.63, 3.8) is 0 Å². The molecule has 1 atom stereocenters. The summed E-state index contributed by atoms with van der Waals surface area (Å²) in [7, 11) is 0. The van der Waals surface area contributed by atoms with Crippen LogP contribution in [0.5, 0.6) is 0 Å². The molecule has 2 aromatic rings. The Bertz CT molecular complexity index is 929. The summed E-state index contributed by atoms with van der Waals surface area (Å²) in [6, 6.07) is 2.00. The third kappa shape index (κ3) is 3.61. The van der Waals surface area contributed by atoms with E-state index in [4.69, 9.17) is 10.7 Å². The first-order chi connectivity index (χ1) is 13.0. The van der Waals surface area contributed by atoms with Gasteiger partial charge in [-0.15, -0.1) is 5.92 Å². The highest BCUT2D eigenvalue weighted by molar-refractivity contribution is 8.15. The summed E-state index contributed by atoms with van der Waals surface area (Å²) in [4.78, 5) is 9.14. The average molecular weight is 380 g/mol. The van der Waals surface area contributed by atoms with Gasteiger partial charge < -0.3 is 5.73 Å². The molecule has 0 bridgehead atoms. The molecule has 2 aliphatic rings. The molecule has 0 saturated heterocycles. The highest BCUT2D eigenvalue weighted by Crippen LogP contribution is 2.51. The van der Waals surface area contributed by atoms with Crippen LogP contribution in [0.3, 0.4) is 0 Å². The van der Waals surface area contributed by atoms with E-state index in [-0.39, 0.29) is 10.3 Å². The van der Waals surface area contributed by atoms with Crippen molar-refractivity contribution in [1.82, 2.24) is 14.8 Å². The summed E-state index contributed by atoms with van der Waals surface area (Å²) in [6.07, 6.45) is 14.9. The van der Waals surface area contributed by atoms with Crippen LogP contribution >= 0.6 is 11.8 Å². The average Bonchev–Trinajstić information content (AvgIpc) is 3.13. The zero-order valence-corrected chi connectivity index (χ0v) is 16.7. The second-order valence-electron chi connectivity index (χ2n) is 7.73. The molecule has 27 heavy (non-hydrogen) atoms. The molecule has 5 nitrogen and oxygen atoms in total. The van der Waals surface area contributed by atoms with Gasteiger partial charge in [0.15, 0.2) is 5.17 Å². The summed E-state index contributed by atoms with van der Waals surface area (Å²) in [5.41, 5.74) is 8.84. The van der Waals surface area contributed by atoms with Gasteiger partial charge in [0.25, 0.3) is 0 Å². The van der Waals surface area contributed by atoms with Crippen LogP contribution in [-0.2, 0) is 5.54 Å². The molecule has 1 spiro atoms. The highest BCUT2D eigenvalue weighted by Gasteiger charge is 2.45. The van der Waals surface area contributed by atoms with Gasteiger partial charge in [-0.2, -0.15) is 5.10 Å². The number of pyridine rings is 1. The molecule has 0 amide bonds. The molecular formula is C21H25N5S. The molecule has 1 aliphatic heterocycles. The van der Waals surface area contributed by atoms with Gasteiger partial charge in [0.2, 0.25) is 0 Å². The third-order valence-electron chi connectivity index (χ3n) is 5.57. The largest absolute Gasteiger partial charge is 0.378 e. The lowest BCUT2D eigenvalue weighted by atomic mass is 9.77. The minimum Gasteiger partial charge on any atom is -0.378 e. The molecule has 0 radical (unpaired) electrons. The fourth-order valence-corrected chi connectivity index (χ4v) is 5.88. The first kappa shape index (κ1) is 18.1. The van der Waals surface area contributed by atoms with Crippen molar-refractivity contribution >= 4 is 16.9 Å². The predicted molar refractivity (Wildman–Crippen MR) is 111 cm³/mol. The smallest absolute Gasteiger partial charge is 0.155 e. The number of aliphatic imine (C=N–C) groups is 1. The number of rotatable bonds is 2. The Kier molecular flexibility index (Phi) is 4.73. The molecule has 6 heteroatoms. The van der Waals surface area contributed by atoms with Crippen molar-refractivity contribution in [2.45, 2.75) is 62.7 Å². The zero-order valence-electron chi connectivity index (χ0n) is 15.9. The minimum atomic E-state index is -0.334. The van der Waals surface area contributed by atoms with E-state index in [1.807, 2.05) is 23.9 Å². The Labute approximate surface area is 164 Å². The monoisotopic (exact) mass is 379 g/mol. The number of aromatic nitrogens is 3. The van der Waals surface area contributed by atoms with E-state index in [9.17, 15) is 0 Å². The molecule has 3 heterocycles. The fraction of sp³-hybridized carbons (Fsp3) is 0.476. The van der Waals surface area contributed by atoms with Crippen LogP contribution in [0.4, 0.5) is 0 Å². The van der Waals surface area contributed by atoms with E-state index in [0.29, 0.717) is 5.17 Å². The van der Waals surface area contributed by atoms with Crippen LogP contribution in [0.2, 0.25) is 0 Å². The third-order valence-corrected chi connectivity index (χ3v) is 6.86. The van der Waals surface area contributed by atoms with Crippen LogP contribution in [0.25, 0.3) is 5.69 Å². The maximum Gasteiger partial charge on any atom is 0.155 e. The number of thioether (sulfide) groups is 1. The second kappa shape index (κ2) is 7.05. The van der Waals surface area contributed by atoms with Crippen molar-refractivity contribution in [1.29, 1.82) is 0 Å². The summed E-state index contributed by atoms with van der Waals surface area (Å²) in [5.74, 6) is 5.95. The molecule has 140 valence electrons. The minimum absolute atomic E-state index is 0.221. The molecule has 1 aliphatic carbocycles. The van der Waals surface area contributed by atoms with Crippen molar-refractivity contribution in [2.24, 2.45) is 10.7 Å². The Morgan fingerprint density at radius 1 is 1.19 bits per heavy atom. The van der Waals surface area contributed by atoms with Gasteiger partial charge >= 0.3 is 0 Å². The Morgan fingerprint density at radius 3 is 2.78 bits per heavy atom. The summed E-state index contributed by atoms with van der Waals surface area (Å²) in [5, 5.41) is 5.29. The predicted octanol–water partition coefficient (Wildman–Crippen LogP) is 4.01. The first-order valence-electron chi connectivity index (χ1n) is 9.50. The van der Waals surface area contributed by atoms with Crippen molar-refractivity contribution in [3.05, 3.63) is 42.0 Å². The van der Waals surface area contributed by atoms with Crippen molar-refractivity contribution in [3.8, 4) is 17.5 Å². The standard InChI is InChI=1S/C21H25N5S/c1-3-7-16-10-18(13-23-11-16)26-14-17(12-24-26)20(2)15-21(27-19(22)25-20)8-5-4-6-9-21/h10-14H,4-6,8-9,15H2,1-2H3,(H2,22,25)/t20-/m0/s1. The van der Waals surface area contributed by atoms with Crippen LogP contribution < -0.4 is 5.73 Å². The second-order valence-corrected chi connectivity index (χ2v) is 9.22. The number of amidine groups is 1. The van der Waals surface area contributed by atoms with E-state index in [0.717, 1.165) is 23.2 Å². The first-order valence-corrected chi connectivity index (χ1v) is 10.3. The lowest BCUT2D eigenvalue weighted by Gasteiger charge is -2.45. The molecule has 0 aromatic carbocycles. The summed E-state index contributed by atoms with van der Waals surface area (Å²) >= 11 is 1.79. The molecule has 4 rings (SSSR count). The van der Waals surface area contributed by atoms with Gasteiger partial charge in [0, 0.05) is 28.3 Å². The molecule has 1 fully saturated rings. The Hall–Kier alpha value is -2.26. The van der Waals surface area contributed by atoms with Crippen LogP contribution in [-0.4, -0.2) is 24.7 Å². The van der Waals surface area contributed by atoms with Gasteiger partial charge in [-0.1, -0.05) is 36.9 Å². The molecule has 0 unspecified atom stereocenters. The van der Waals surface area contributed by atoms with Crippen LogP contribution in [0.1, 0.15) is 63.5 Å². The molecular weight excluding hydrogens is 354 g/mol. The van der Waals surface area contributed by atoms with Crippen molar-refractivity contribution < 1.29 is 0 Å². The van der Waals surface area contributed by atoms with Gasteiger partial charge in [-0.25, -0.2) is 4.68 Å². The Morgan fingerprint density at radius 2 is 2.00 bits per heavy atom. The van der Waals surface area contributed by atoms with Crippen LogP contribution in [0.15, 0.2) is 35.8 Å². The van der Waals surface area contributed by atoms with Crippen LogP contribution in [0, 0.1) is 11.8 Å². The lowest BCUT2D eigenvalue weighted by Crippen LogP contribution is -2.43. The number of nitrogens with zero attached hydrogens (tertiary/aromatic N) is 4. The van der Waals surface area contributed by atoms with Crippen molar-refractivity contribution in [2.75, 3.05) is 0 Å². The maximum atomic E-state index is 6.28. The van der Waals surface area contributed by atoms with Gasteiger partial charge in [0.05, 0.1) is 23.6 Å². The van der Waals surface area contributed by atoms with Gasteiger partial charge in [-0.3, -0.25) is 9.98 Å². The number of hydrogen-bond donors (Lipinski definition) is 1. The maximum absolute atomic E-state index is 6.28.